The molecular formula is C19H28IN7O2. The molecule has 0 amide bonds. The summed E-state index contributed by atoms with van der Waals surface area (Å²) in [6.07, 6.45) is 3.55. The highest BCUT2D eigenvalue weighted by molar-refractivity contribution is 14.0. The van der Waals surface area contributed by atoms with Crippen LogP contribution in [0.3, 0.4) is 0 Å². The van der Waals surface area contributed by atoms with E-state index >= 15 is 0 Å². The summed E-state index contributed by atoms with van der Waals surface area (Å²) in [4.78, 5) is 17.6. The Labute approximate surface area is 188 Å². The zero-order valence-electron chi connectivity index (χ0n) is 16.7. The van der Waals surface area contributed by atoms with E-state index in [1.165, 1.54) is 0 Å². The first kappa shape index (κ1) is 22.9. The molecule has 2 aromatic rings. The molecule has 1 aliphatic rings. The predicted octanol–water partition coefficient (Wildman–Crippen LogP) is 1.66. The van der Waals surface area contributed by atoms with Gasteiger partial charge < -0.3 is 25.4 Å². The lowest BCUT2D eigenvalue weighted by molar-refractivity contribution is 0.264. The lowest BCUT2D eigenvalue weighted by Crippen LogP contribution is -2.47. The number of hydrogen-bond acceptors (Lipinski definition) is 7. The number of aliphatic imine (C=N–C) groups is 1. The van der Waals surface area contributed by atoms with Crippen molar-refractivity contribution >= 4 is 41.6 Å². The molecule has 0 atom stereocenters. The third kappa shape index (κ3) is 6.60. The molecule has 0 unspecified atom stereocenters. The zero-order chi connectivity index (χ0) is 19.8. The Bertz CT molecular complexity index is 783. The minimum absolute atomic E-state index is 0. The van der Waals surface area contributed by atoms with E-state index in [-0.39, 0.29) is 24.0 Å². The largest absolute Gasteiger partial charge is 0.493 e. The highest BCUT2D eigenvalue weighted by Crippen LogP contribution is 2.29. The zero-order valence-corrected chi connectivity index (χ0v) is 19.1. The van der Waals surface area contributed by atoms with E-state index < -0.39 is 0 Å². The first-order valence-corrected chi connectivity index (χ1v) is 9.23. The van der Waals surface area contributed by atoms with Gasteiger partial charge in [0.15, 0.2) is 17.5 Å². The van der Waals surface area contributed by atoms with Gasteiger partial charge in [-0.15, -0.1) is 24.0 Å². The molecule has 1 fully saturated rings. The van der Waals surface area contributed by atoms with Crippen molar-refractivity contribution in [2.45, 2.75) is 0 Å². The number of rotatable bonds is 7. The number of ether oxygens (including phenoxy) is 2. The van der Waals surface area contributed by atoms with Crippen LogP contribution in [0.4, 0.5) is 11.6 Å². The van der Waals surface area contributed by atoms with Crippen molar-refractivity contribution in [3.63, 3.8) is 0 Å². The Morgan fingerprint density at radius 2 is 1.79 bits per heavy atom. The van der Waals surface area contributed by atoms with Gasteiger partial charge in [0.2, 0.25) is 5.95 Å². The molecule has 1 aliphatic heterocycles. The molecule has 0 radical (unpaired) electrons. The molecule has 1 aromatic heterocycles. The summed E-state index contributed by atoms with van der Waals surface area (Å²) in [5.41, 5.74) is 6.81. The highest BCUT2D eigenvalue weighted by Gasteiger charge is 2.18. The van der Waals surface area contributed by atoms with Crippen LogP contribution in [0, 0.1) is 0 Å². The normalized spacial score (nSPS) is 14.8. The number of halogens is 1. The molecule has 9 nitrogen and oxygen atoms in total. The monoisotopic (exact) mass is 513 g/mol. The molecule has 2 heterocycles. The summed E-state index contributed by atoms with van der Waals surface area (Å²) in [6, 6.07) is 7.35. The summed E-state index contributed by atoms with van der Waals surface area (Å²) in [5.74, 6) is 2.48. The fourth-order valence-corrected chi connectivity index (χ4v) is 3.04. The van der Waals surface area contributed by atoms with E-state index in [1.807, 2.05) is 24.3 Å². The Morgan fingerprint density at radius 3 is 2.45 bits per heavy atom. The fourth-order valence-electron chi connectivity index (χ4n) is 3.04. The van der Waals surface area contributed by atoms with E-state index in [0.29, 0.717) is 24.0 Å². The van der Waals surface area contributed by atoms with Gasteiger partial charge in [-0.2, -0.15) is 0 Å². The third-order valence-electron chi connectivity index (χ3n) is 4.56. The van der Waals surface area contributed by atoms with Gasteiger partial charge in [0.25, 0.3) is 0 Å². The molecule has 3 N–H and O–H groups in total. The standard InChI is InChI=1S/C19H27N7O2.HI/c1-27-16-5-4-15(14-17(16)28-2)24-18(20)21-8-9-25-10-12-26(13-11-25)19-22-6-3-7-23-19;/h3-7,14H,8-13H2,1-2H3,(H3,20,21,24);1H. The van der Waals surface area contributed by atoms with Gasteiger partial charge in [-0.05, 0) is 18.2 Å². The van der Waals surface area contributed by atoms with Crippen molar-refractivity contribution in [1.82, 2.24) is 14.9 Å². The van der Waals surface area contributed by atoms with Crippen LogP contribution >= 0.6 is 24.0 Å². The van der Waals surface area contributed by atoms with Gasteiger partial charge in [0.1, 0.15) is 0 Å². The second-order valence-corrected chi connectivity index (χ2v) is 6.34. The number of aromatic nitrogens is 2. The van der Waals surface area contributed by atoms with Crippen molar-refractivity contribution < 1.29 is 9.47 Å². The smallest absolute Gasteiger partial charge is 0.225 e. The molecule has 1 aromatic carbocycles. The van der Waals surface area contributed by atoms with E-state index in [2.05, 4.69) is 30.1 Å². The number of piperazine rings is 1. The number of hydrogen-bond donors (Lipinski definition) is 2. The topological polar surface area (TPSA) is 101 Å². The predicted molar refractivity (Wildman–Crippen MR) is 126 cm³/mol. The van der Waals surface area contributed by atoms with Gasteiger partial charge in [0, 0.05) is 56.9 Å². The molecule has 1 saturated heterocycles. The van der Waals surface area contributed by atoms with Crippen LogP contribution in [-0.2, 0) is 0 Å². The van der Waals surface area contributed by atoms with Gasteiger partial charge in [-0.3, -0.25) is 9.89 Å². The number of guanidine groups is 1. The van der Waals surface area contributed by atoms with Crippen LogP contribution in [0.25, 0.3) is 0 Å². The van der Waals surface area contributed by atoms with Gasteiger partial charge in [0.05, 0.1) is 20.8 Å². The lowest BCUT2D eigenvalue weighted by Gasteiger charge is -2.34. The van der Waals surface area contributed by atoms with Crippen LogP contribution in [0.15, 0.2) is 41.7 Å². The SMILES string of the molecule is COc1ccc(NC(N)=NCCN2CCN(c3ncccn3)CC2)cc1OC.I. The minimum Gasteiger partial charge on any atom is -0.493 e. The van der Waals surface area contributed by atoms with Crippen LogP contribution in [0.5, 0.6) is 11.5 Å². The Kier molecular flexibility index (Phi) is 9.19. The van der Waals surface area contributed by atoms with Crippen LogP contribution in [0.2, 0.25) is 0 Å². The average molecular weight is 513 g/mol. The molecule has 158 valence electrons. The summed E-state index contributed by atoms with van der Waals surface area (Å²) >= 11 is 0. The van der Waals surface area contributed by atoms with E-state index in [9.17, 15) is 0 Å². The van der Waals surface area contributed by atoms with Crippen molar-refractivity contribution in [2.75, 3.05) is 63.7 Å². The highest BCUT2D eigenvalue weighted by atomic mass is 127. The summed E-state index contributed by atoms with van der Waals surface area (Å²) in [6.45, 7) is 5.22. The fraction of sp³-hybridized carbons (Fsp3) is 0.421. The molecule has 10 heteroatoms. The van der Waals surface area contributed by atoms with Crippen molar-refractivity contribution in [1.29, 1.82) is 0 Å². The van der Waals surface area contributed by atoms with E-state index in [4.69, 9.17) is 15.2 Å². The molecule has 0 spiro atoms. The second kappa shape index (κ2) is 11.6. The number of nitrogens with one attached hydrogen (secondary N) is 1. The minimum atomic E-state index is 0. The van der Waals surface area contributed by atoms with Gasteiger partial charge >= 0.3 is 0 Å². The number of nitrogens with zero attached hydrogens (tertiary/aromatic N) is 5. The number of methoxy groups -OCH3 is 2. The molecule has 29 heavy (non-hydrogen) atoms. The van der Waals surface area contributed by atoms with Crippen LogP contribution < -0.4 is 25.4 Å². The van der Waals surface area contributed by atoms with E-state index in [0.717, 1.165) is 44.4 Å². The molecule has 0 aliphatic carbocycles. The maximum absolute atomic E-state index is 6.01. The first-order valence-electron chi connectivity index (χ1n) is 9.23. The number of benzene rings is 1. The Morgan fingerprint density at radius 1 is 1.10 bits per heavy atom. The molecule has 0 saturated carbocycles. The maximum atomic E-state index is 6.01. The molecule has 3 rings (SSSR count). The van der Waals surface area contributed by atoms with Crippen molar-refractivity contribution in [2.24, 2.45) is 10.7 Å². The molecular weight excluding hydrogens is 485 g/mol. The van der Waals surface area contributed by atoms with Crippen LogP contribution in [0.1, 0.15) is 0 Å². The first-order chi connectivity index (χ1) is 13.7. The Balaban J connectivity index is 0.00000300. The van der Waals surface area contributed by atoms with Crippen LogP contribution in [-0.4, -0.2) is 74.3 Å². The van der Waals surface area contributed by atoms with Crippen molar-refractivity contribution in [3.8, 4) is 11.5 Å². The quantitative estimate of drug-likeness (QED) is 0.328. The van der Waals surface area contributed by atoms with E-state index in [1.54, 1.807) is 26.6 Å². The molecule has 0 bridgehead atoms. The third-order valence-corrected chi connectivity index (χ3v) is 4.56. The summed E-state index contributed by atoms with van der Waals surface area (Å²) < 4.78 is 10.5. The van der Waals surface area contributed by atoms with Crippen molar-refractivity contribution in [3.05, 3.63) is 36.7 Å². The summed E-state index contributed by atoms with van der Waals surface area (Å²) in [7, 11) is 3.20. The number of anilines is 2. The van der Waals surface area contributed by atoms with Gasteiger partial charge in [-0.25, -0.2) is 9.97 Å². The average Bonchev–Trinajstić information content (AvgIpc) is 2.74. The lowest BCUT2D eigenvalue weighted by atomic mass is 10.3. The maximum Gasteiger partial charge on any atom is 0.225 e. The number of nitrogens with two attached hydrogens (primary N) is 1. The van der Waals surface area contributed by atoms with Gasteiger partial charge in [-0.1, -0.05) is 0 Å². The second-order valence-electron chi connectivity index (χ2n) is 6.34. The summed E-state index contributed by atoms with van der Waals surface area (Å²) in [5, 5.41) is 3.08. The Hall–Kier alpha value is -2.34.